The number of nitrogens with one attached hydrogen (secondary N) is 2. The summed E-state index contributed by atoms with van der Waals surface area (Å²) in [5.74, 6) is -0.183. The number of anilines is 1. The van der Waals surface area contributed by atoms with Crippen molar-refractivity contribution in [2.45, 2.75) is 19.9 Å². The third-order valence-corrected chi connectivity index (χ3v) is 2.93. The molecule has 0 aromatic carbocycles. The number of amides is 1. The molecule has 0 aliphatic rings. The zero-order valence-electron chi connectivity index (χ0n) is 11.6. The van der Waals surface area contributed by atoms with Crippen LogP contribution < -0.4 is 10.6 Å². The van der Waals surface area contributed by atoms with Gasteiger partial charge in [-0.2, -0.15) is 0 Å². The number of pyridine rings is 2. The summed E-state index contributed by atoms with van der Waals surface area (Å²) >= 11 is 0. The fourth-order valence-electron chi connectivity index (χ4n) is 1.84. The van der Waals surface area contributed by atoms with Gasteiger partial charge >= 0.3 is 0 Å². The highest BCUT2D eigenvalue weighted by Crippen LogP contribution is 2.12. The summed E-state index contributed by atoms with van der Waals surface area (Å²) in [6.45, 7) is 4.77. The molecule has 0 radical (unpaired) electrons. The summed E-state index contributed by atoms with van der Waals surface area (Å²) in [5, 5.41) is 6.05. The Morgan fingerprint density at radius 3 is 2.60 bits per heavy atom. The Morgan fingerprint density at radius 2 is 2.00 bits per heavy atom. The predicted molar refractivity (Wildman–Crippen MR) is 78.5 cm³/mol. The molecule has 5 nitrogen and oxygen atoms in total. The van der Waals surface area contributed by atoms with Crippen LogP contribution in [0.3, 0.4) is 0 Å². The summed E-state index contributed by atoms with van der Waals surface area (Å²) in [5.41, 5.74) is 2.33. The van der Waals surface area contributed by atoms with Crippen LogP contribution in [0.5, 0.6) is 0 Å². The fraction of sp³-hybridized carbons (Fsp3) is 0.267. The van der Waals surface area contributed by atoms with Gasteiger partial charge in [-0.3, -0.25) is 9.78 Å². The van der Waals surface area contributed by atoms with E-state index in [9.17, 15) is 4.79 Å². The summed E-state index contributed by atoms with van der Waals surface area (Å²) in [4.78, 5) is 20.2. The van der Waals surface area contributed by atoms with E-state index < -0.39 is 0 Å². The van der Waals surface area contributed by atoms with Crippen LogP contribution in [0.25, 0.3) is 0 Å². The zero-order chi connectivity index (χ0) is 14.4. The van der Waals surface area contributed by atoms with Gasteiger partial charge in [-0.25, -0.2) is 4.98 Å². The number of aromatic nitrogens is 2. The van der Waals surface area contributed by atoms with Crippen molar-refractivity contribution in [2.24, 2.45) is 0 Å². The van der Waals surface area contributed by atoms with Crippen LogP contribution in [-0.4, -0.2) is 22.4 Å². The highest BCUT2D eigenvalue weighted by atomic mass is 16.1. The Morgan fingerprint density at radius 1 is 1.25 bits per heavy atom. The Balaban J connectivity index is 2.01. The Hall–Kier alpha value is -2.43. The molecule has 0 aliphatic heterocycles. The van der Waals surface area contributed by atoms with E-state index in [4.69, 9.17) is 0 Å². The highest BCUT2D eigenvalue weighted by molar-refractivity contribution is 5.92. The van der Waals surface area contributed by atoms with Crippen molar-refractivity contribution in [3.8, 4) is 0 Å². The Bertz CT molecular complexity index is 554. The minimum absolute atomic E-state index is 0.0826. The molecule has 104 valence electrons. The highest BCUT2D eigenvalue weighted by Gasteiger charge is 2.12. The summed E-state index contributed by atoms with van der Waals surface area (Å²) < 4.78 is 0. The maximum absolute atomic E-state index is 12.1. The lowest BCUT2D eigenvalue weighted by Gasteiger charge is -2.13. The lowest BCUT2D eigenvalue weighted by Crippen LogP contribution is -2.27. The van der Waals surface area contributed by atoms with Crippen molar-refractivity contribution in [3.05, 3.63) is 54.1 Å². The van der Waals surface area contributed by atoms with E-state index in [-0.39, 0.29) is 11.9 Å². The lowest BCUT2D eigenvalue weighted by molar-refractivity contribution is 0.0935. The Labute approximate surface area is 118 Å². The van der Waals surface area contributed by atoms with Gasteiger partial charge < -0.3 is 10.6 Å². The predicted octanol–water partition coefficient (Wildman–Crippen LogP) is 2.40. The lowest BCUT2D eigenvalue weighted by atomic mass is 10.1. The number of hydrogen-bond acceptors (Lipinski definition) is 4. The van der Waals surface area contributed by atoms with Crippen molar-refractivity contribution < 1.29 is 4.79 Å². The first-order chi connectivity index (χ1) is 9.70. The topological polar surface area (TPSA) is 66.9 Å². The van der Waals surface area contributed by atoms with Gasteiger partial charge in [0.2, 0.25) is 0 Å². The molecule has 0 fully saturated rings. The number of hydrogen-bond donors (Lipinski definition) is 2. The molecule has 2 rings (SSSR count). The van der Waals surface area contributed by atoms with Crippen LogP contribution in [0.15, 0.2) is 42.9 Å². The first-order valence-corrected chi connectivity index (χ1v) is 6.61. The second kappa shape index (κ2) is 6.65. The summed E-state index contributed by atoms with van der Waals surface area (Å²) in [6.07, 6.45) is 5.08. The number of nitrogens with zero attached hydrogens (tertiary/aromatic N) is 2. The standard InChI is InChI=1S/C15H18N4O/c1-3-17-13-4-5-14(18-10-13)15(20)19-11(2)12-6-8-16-9-7-12/h4-11,17H,3H2,1-2H3,(H,19,20). The van der Waals surface area contributed by atoms with E-state index in [0.29, 0.717) is 5.69 Å². The van der Waals surface area contributed by atoms with E-state index in [1.807, 2.05) is 32.0 Å². The molecule has 2 aromatic heterocycles. The van der Waals surface area contributed by atoms with Gasteiger partial charge in [0, 0.05) is 18.9 Å². The van der Waals surface area contributed by atoms with Crippen LogP contribution in [0.1, 0.15) is 35.9 Å². The van der Waals surface area contributed by atoms with Crippen LogP contribution in [0.2, 0.25) is 0 Å². The van der Waals surface area contributed by atoms with Gasteiger partial charge in [0.25, 0.3) is 5.91 Å². The normalized spacial score (nSPS) is 11.7. The largest absolute Gasteiger partial charge is 0.384 e. The second-order valence-electron chi connectivity index (χ2n) is 4.44. The van der Waals surface area contributed by atoms with E-state index in [0.717, 1.165) is 17.8 Å². The quantitative estimate of drug-likeness (QED) is 0.875. The van der Waals surface area contributed by atoms with Gasteiger partial charge in [0.15, 0.2) is 0 Å². The minimum atomic E-state index is -0.183. The molecule has 2 heterocycles. The molecule has 0 bridgehead atoms. The van der Waals surface area contributed by atoms with Gasteiger partial charge in [-0.15, -0.1) is 0 Å². The average Bonchev–Trinajstić information content (AvgIpc) is 2.49. The minimum Gasteiger partial charge on any atom is -0.384 e. The third kappa shape index (κ3) is 3.54. The van der Waals surface area contributed by atoms with E-state index >= 15 is 0 Å². The maximum atomic E-state index is 12.1. The van der Waals surface area contributed by atoms with Crippen molar-refractivity contribution in [3.63, 3.8) is 0 Å². The van der Waals surface area contributed by atoms with Crippen molar-refractivity contribution in [1.29, 1.82) is 0 Å². The molecule has 0 spiro atoms. The molecular formula is C15H18N4O. The third-order valence-electron chi connectivity index (χ3n) is 2.93. The molecule has 0 saturated heterocycles. The number of carbonyl (C=O) groups excluding carboxylic acids is 1. The first kappa shape index (κ1) is 14.0. The monoisotopic (exact) mass is 270 g/mol. The first-order valence-electron chi connectivity index (χ1n) is 6.61. The SMILES string of the molecule is CCNc1ccc(C(=O)NC(C)c2ccncc2)nc1. The summed E-state index contributed by atoms with van der Waals surface area (Å²) in [6, 6.07) is 7.25. The molecule has 0 aliphatic carbocycles. The molecule has 1 amide bonds. The van der Waals surface area contributed by atoms with Crippen LogP contribution in [-0.2, 0) is 0 Å². The van der Waals surface area contributed by atoms with Crippen LogP contribution in [0, 0.1) is 0 Å². The molecule has 5 heteroatoms. The van der Waals surface area contributed by atoms with E-state index in [1.54, 1.807) is 24.7 Å². The molecule has 1 atom stereocenters. The van der Waals surface area contributed by atoms with Gasteiger partial charge in [-0.05, 0) is 43.7 Å². The van der Waals surface area contributed by atoms with E-state index in [1.165, 1.54) is 0 Å². The van der Waals surface area contributed by atoms with Crippen LogP contribution in [0.4, 0.5) is 5.69 Å². The second-order valence-corrected chi connectivity index (χ2v) is 4.44. The van der Waals surface area contributed by atoms with Crippen molar-refractivity contribution in [1.82, 2.24) is 15.3 Å². The molecule has 2 aromatic rings. The average molecular weight is 270 g/mol. The van der Waals surface area contributed by atoms with Gasteiger partial charge in [0.05, 0.1) is 17.9 Å². The zero-order valence-corrected chi connectivity index (χ0v) is 11.6. The maximum Gasteiger partial charge on any atom is 0.270 e. The van der Waals surface area contributed by atoms with Crippen LogP contribution >= 0.6 is 0 Å². The molecule has 1 unspecified atom stereocenters. The van der Waals surface area contributed by atoms with Gasteiger partial charge in [-0.1, -0.05) is 0 Å². The number of carbonyl (C=O) groups is 1. The smallest absolute Gasteiger partial charge is 0.270 e. The fourth-order valence-corrected chi connectivity index (χ4v) is 1.84. The van der Waals surface area contributed by atoms with Crippen molar-refractivity contribution in [2.75, 3.05) is 11.9 Å². The summed E-state index contributed by atoms with van der Waals surface area (Å²) in [7, 11) is 0. The number of rotatable bonds is 5. The molecule has 2 N–H and O–H groups in total. The van der Waals surface area contributed by atoms with Gasteiger partial charge in [0.1, 0.15) is 5.69 Å². The molecule has 20 heavy (non-hydrogen) atoms. The molecule has 0 saturated carbocycles. The van der Waals surface area contributed by atoms with E-state index in [2.05, 4.69) is 20.6 Å². The molecular weight excluding hydrogens is 252 g/mol. The Kier molecular flexibility index (Phi) is 4.65. The van der Waals surface area contributed by atoms with Crippen molar-refractivity contribution >= 4 is 11.6 Å².